The zero-order valence-electron chi connectivity index (χ0n) is 13.3. The van der Waals surface area contributed by atoms with Crippen molar-refractivity contribution in [3.8, 4) is 11.5 Å². The predicted octanol–water partition coefficient (Wildman–Crippen LogP) is 2.81. The lowest BCUT2D eigenvalue weighted by Gasteiger charge is -2.20. The van der Waals surface area contributed by atoms with Crippen molar-refractivity contribution >= 4 is 11.9 Å². The fraction of sp³-hybridized carbons (Fsp3) is 0.278. The molecule has 0 saturated carbocycles. The van der Waals surface area contributed by atoms with Gasteiger partial charge in [0.15, 0.2) is 0 Å². The number of nitrogens with zero attached hydrogens (tertiary/aromatic N) is 2. The Kier molecular flexibility index (Phi) is 4.20. The summed E-state index contributed by atoms with van der Waals surface area (Å²) in [7, 11) is 0. The first-order valence-electron chi connectivity index (χ1n) is 7.69. The van der Waals surface area contributed by atoms with Crippen molar-refractivity contribution in [3.63, 3.8) is 0 Å². The van der Waals surface area contributed by atoms with E-state index in [1.807, 2.05) is 0 Å². The maximum absolute atomic E-state index is 12.5. The maximum atomic E-state index is 12.5. The van der Waals surface area contributed by atoms with E-state index in [2.05, 4.69) is 4.98 Å². The normalized spacial score (nSPS) is 20.0. The van der Waals surface area contributed by atoms with Crippen LogP contribution in [0, 0.1) is 5.41 Å². The molecule has 2 heterocycles. The molecule has 6 nitrogen and oxygen atoms in total. The number of benzene rings is 1. The molecule has 0 radical (unpaired) electrons. The molecule has 2 aromatic rings. The van der Waals surface area contributed by atoms with E-state index in [1.54, 1.807) is 60.6 Å². The van der Waals surface area contributed by atoms with Gasteiger partial charge in [0.25, 0.3) is 5.91 Å². The first kappa shape index (κ1) is 16.0. The standard InChI is InChI=1S/C18H18N2O4/c1-18(17(22)23)8-10-20(12-18)16(21)13-4-6-14(7-5-13)24-15-3-2-9-19-11-15/h2-7,9,11H,8,10,12H2,1H3,(H,22,23). The zero-order chi connectivity index (χ0) is 17.2. The average Bonchev–Trinajstić information content (AvgIpc) is 3.00. The van der Waals surface area contributed by atoms with Crippen LogP contribution in [0.4, 0.5) is 0 Å². The summed E-state index contributed by atoms with van der Waals surface area (Å²) in [5, 5.41) is 9.26. The highest BCUT2D eigenvalue weighted by atomic mass is 16.5. The SMILES string of the molecule is CC1(C(=O)O)CCN(C(=O)c2ccc(Oc3cccnc3)cc2)C1. The molecule has 1 fully saturated rings. The summed E-state index contributed by atoms with van der Waals surface area (Å²) >= 11 is 0. The van der Waals surface area contributed by atoms with Gasteiger partial charge in [-0.1, -0.05) is 0 Å². The highest BCUT2D eigenvalue weighted by Crippen LogP contribution is 2.31. The smallest absolute Gasteiger partial charge is 0.311 e. The number of aliphatic carboxylic acids is 1. The number of ether oxygens (including phenoxy) is 1. The molecule has 1 aliphatic rings. The molecule has 1 atom stereocenters. The van der Waals surface area contributed by atoms with Gasteiger partial charge in [0.2, 0.25) is 0 Å². The number of carboxylic acids is 1. The molecule has 1 N–H and O–H groups in total. The number of aromatic nitrogens is 1. The minimum atomic E-state index is -0.863. The summed E-state index contributed by atoms with van der Waals surface area (Å²) < 4.78 is 5.64. The first-order valence-corrected chi connectivity index (χ1v) is 7.69. The van der Waals surface area contributed by atoms with Crippen LogP contribution in [0.5, 0.6) is 11.5 Å². The number of carbonyl (C=O) groups excluding carboxylic acids is 1. The molecule has 124 valence electrons. The Bertz CT molecular complexity index is 745. The summed E-state index contributed by atoms with van der Waals surface area (Å²) in [6.07, 6.45) is 3.74. The van der Waals surface area contributed by atoms with Crippen LogP contribution in [0.3, 0.4) is 0 Å². The molecule has 1 saturated heterocycles. The minimum Gasteiger partial charge on any atom is -0.481 e. The highest BCUT2D eigenvalue weighted by Gasteiger charge is 2.42. The van der Waals surface area contributed by atoms with Gasteiger partial charge in [-0.3, -0.25) is 14.6 Å². The van der Waals surface area contributed by atoms with Gasteiger partial charge >= 0.3 is 5.97 Å². The van der Waals surface area contributed by atoms with Crippen molar-refractivity contribution in [2.75, 3.05) is 13.1 Å². The Balaban J connectivity index is 1.67. The number of amides is 1. The number of rotatable bonds is 4. The fourth-order valence-electron chi connectivity index (χ4n) is 2.70. The molecule has 1 amide bonds. The van der Waals surface area contributed by atoms with Crippen LogP contribution < -0.4 is 4.74 Å². The second kappa shape index (κ2) is 6.31. The Hall–Kier alpha value is -2.89. The van der Waals surface area contributed by atoms with E-state index in [4.69, 9.17) is 4.74 Å². The molecule has 24 heavy (non-hydrogen) atoms. The van der Waals surface area contributed by atoms with Gasteiger partial charge in [0.1, 0.15) is 11.5 Å². The van der Waals surface area contributed by atoms with Crippen LogP contribution in [-0.4, -0.2) is 40.0 Å². The van der Waals surface area contributed by atoms with E-state index in [0.717, 1.165) is 0 Å². The minimum absolute atomic E-state index is 0.159. The number of pyridine rings is 1. The molecule has 0 spiro atoms. The van der Waals surface area contributed by atoms with Gasteiger partial charge in [-0.15, -0.1) is 0 Å². The lowest BCUT2D eigenvalue weighted by Crippen LogP contribution is -2.34. The van der Waals surface area contributed by atoms with Crippen LogP contribution in [0.1, 0.15) is 23.7 Å². The number of hydrogen-bond acceptors (Lipinski definition) is 4. The third kappa shape index (κ3) is 3.22. The molecule has 0 bridgehead atoms. The second-order valence-corrected chi connectivity index (χ2v) is 6.16. The largest absolute Gasteiger partial charge is 0.481 e. The Labute approximate surface area is 139 Å². The molecule has 1 aromatic carbocycles. The van der Waals surface area contributed by atoms with Gasteiger partial charge < -0.3 is 14.7 Å². The van der Waals surface area contributed by atoms with E-state index in [1.165, 1.54) is 0 Å². The van der Waals surface area contributed by atoms with Crippen LogP contribution in [0.25, 0.3) is 0 Å². The van der Waals surface area contributed by atoms with E-state index >= 15 is 0 Å². The van der Waals surface area contributed by atoms with Crippen molar-refractivity contribution in [1.82, 2.24) is 9.88 Å². The van der Waals surface area contributed by atoms with E-state index in [-0.39, 0.29) is 12.5 Å². The van der Waals surface area contributed by atoms with Crippen LogP contribution in [0.2, 0.25) is 0 Å². The summed E-state index contributed by atoms with van der Waals surface area (Å²) in [5.74, 6) is 0.204. The highest BCUT2D eigenvalue weighted by molar-refractivity contribution is 5.95. The Morgan fingerprint density at radius 1 is 1.21 bits per heavy atom. The Morgan fingerprint density at radius 2 is 1.96 bits per heavy atom. The van der Waals surface area contributed by atoms with Crippen molar-refractivity contribution in [1.29, 1.82) is 0 Å². The lowest BCUT2D eigenvalue weighted by atomic mass is 9.90. The van der Waals surface area contributed by atoms with Crippen LogP contribution in [-0.2, 0) is 4.79 Å². The molecule has 0 aliphatic carbocycles. The molecular weight excluding hydrogens is 308 g/mol. The summed E-state index contributed by atoms with van der Waals surface area (Å²) in [4.78, 5) is 29.4. The monoisotopic (exact) mass is 326 g/mol. The van der Waals surface area contributed by atoms with Crippen molar-refractivity contribution in [3.05, 3.63) is 54.4 Å². The van der Waals surface area contributed by atoms with Crippen molar-refractivity contribution in [2.45, 2.75) is 13.3 Å². The molecule has 3 rings (SSSR count). The van der Waals surface area contributed by atoms with Gasteiger partial charge in [-0.25, -0.2) is 0 Å². The van der Waals surface area contributed by atoms with Gasteiger partial charge in [0, 0.05) is 24.8 Å². The fourth-order valence-corrected chi connectivity index (χ4v) is 2.70. The van der Waals surface area contributed by atoms with E-state index in [9.17, 15) is 14.7 Å². The zero-order valence-corrected chi connectivity index (χ0v) is 13.3. The topological polar surface area (TPSA) is 79.7 Å². The number of carbonyl (C=O) groups is 2. The summed E-state index contributed by atoms with van der Waals surface area (Å²) in [5.41, 5.74) is -0.345. The Morgan fingerprint density at radius 3 is 2.54 bits per heavy atom. The van der Waals surface area contributed by atoms with Crippen LogP contribution in [0.15, 0.2) is 48.8 Å². The van der Waals surface area contributed by atoms with Gasteiger partial charge in [-0.05, 0) is 49.7 Å². The van der Waals surface area contributed by atoms with Crippen molar-refractivity contribution in [2.24, 2.45) is 5.41 Å². The van der Waals surface area contributed by atoms with Gasteiger partial charge in [-0.2, -0.15) is 0 Å². The predicted molar refractivity (Wildman–Crippen MR) is 87.0 cm³/mol. The second-order valence-electron chi connectivity index (χ2n) is 6.16. The van der Waals surface area contributed by atoms with Crippen molar-refractivity contribution < 1.29 is 19.4 Å². The first-order chi connectivity index (χ1) is 11.5. The third-order valence-corrected chi connectivity index (χ3v) is 4.25. The third-order valence-electron chi connectivity index (χ3n) is 4.25. The molecule has 1 aliphatic heterocycles. The lowest BCUT2D eigenvalue weighted by molar-refractivity contribution is -0.147. The molecular formula is C18H18N2O4. The van der Waals surface area contributed by atoms with E-state index < -0.39 is 11.4 Å². The number of hydrogen-bond donors (Lipinski definition) is 1. The molecule has 1 unspecified atom stereocenters. The average molecular weight is 326 g/mol. The maximum Gasteiger partial charge on any atom is 0.311 e. The van der Waals surface area contributed by atoms with Gasteiger partial charge in [0.05, 0.1) is 11.6 Å². The quantitative estimate of drug-likeness (QED) is 0.934. The summed E-state index contributed by atoms with van der Waals surface area (Å²) in [6.45, 7) is 2.36. The number of carboxylic acid groups (broad SMARTS) is 1. The number of likely N-dealkylation sites (tertiary alicyclic amines) is 1. The molecule has 1 aromatic heterocycles. The summed E-state index contributed by atoms with van der Waals surface area (Å²) in [6, 6.07) is 10.4. The molecule has 6 heteroatoms. The van der Waals surface area contributed by atoms with E-state index in [0.29, 0.717) is 30.0 Å². The van der Waals surface area contributed by atoms with Crippen LogP contribution >= 0.6 is 0 Å².